The largest absolute Gasteiger partial charge is 0.298 e. The summed E-state index contributed by atoms with van der Waals surface area (Å²) in [6, 6.07) is 11.3. The summed E-state index contributed by atoms with van der Waals surface area (Å²) in [5.41, 5.74) is 0.508. The number of hydrogen-bond donors (Lipinski definition) is 1. The molecule has 0 unspecified atom stereocenters. The lowest BCUT2D eigenvalue weighted by molar-refractivity contribution is -0.385. The van der Waals surface area contributed by atoms with E-state index in [1.165, 1.54) is 23.5 Å². The predicted molar refractivity (Wildman–Crippen MR) is 102 cm³/mol. The van der Waals surface area contributed by atoms with E-state index in [2.05, 4.69) is 10.3 Å². The zero-order chi connectivity index (χ0) is 18.7. The van der Waals surface area contributed by atoms with Gasteiger partial charge in [0.2, 0.25) is 0 Å². The summed E-state index contributed by atoms with van der Waals surface area (Å²) in [7, 11) is 0. The molecule has 0 atom stereocenters. The number of carbonyl (C=O) groups excluding carboxylic acids is 1. The molecular weight excluding hydrogens is 397 g/mol. The Morgan fingerprint density at radius 2 is 2.00 bits per heavy atom. The van der Waals surface area contributed by atoms with E-state index in [1.54, 1.807) is 12.3 Å². The summed E-state index contributed by atoms with van der Waals surface area (Å²) in [5.74, 6) is -0.619. The number of thiazole rings is 1. The molecular formula is C17H11Cl2N3O3S. The molecule has 9 heteroatoms. The average molecular weight is 408 g/mol. The van der Waals surface area contributed by atoms with Crippen LogP contribution >= 0.6 is 34.5 Å². The van der Waals surface area contributed by atoms with Crippen molar-refractivity contribution in [1.82, 2.24) is 4.98 Å². The molecule has 1 aromatic heterocycles. The lowest BCUT2D eigenvalue weighted by Crippen LogP contribution is -2.13. The minimum Gasteiger partial charge on any atom is -0.298 e. The van der Waals surface area contributed by atoms with Crippen molar-refractivity contribution < 1.29 is 9.72 Å². The zero-order valence-corrected chi connectivity index (χ0v) is 15.4. The Labute approximate surface area is 162 Å². The van der Waals surface area contributed by atoms with Gasteiger partial charge in [0, 0.05) is 33.6 Å². The number of nitrogens with one attached hydrogen (secondary N) is 1. The minimum absolute atomic E-state index is 0.0812. The number of anilines is 1. The number of nitro benzene ring substituents is 1. The second-order valence-electron chi connectivity index (χ2n) is 5.27. The van der Waals surface area contributed by atoms with Gasteiger partial charge in [0.25, 0.3) is 11.6 Å². The molecule has 6 nitrogen and oxygen atoms in total. The Bertz CT molecular complexity index is 991. The summed E-state index contributed by atoms with van der Waals surface area (Å²) < 4.78 is 0. The van der Waals surface area contributed by atoms with Crippen molar-refractivity contribution in [2.75, 3.05) is 5.32 Å². The first-order valence-electron chi connectivity index (χ1n) is 7.37. The Hall–Kier alpha value is -2.48. The summed E-state index contributed by atoms with van der Waals surface area (Å²) in [6.45, 7) is 0. The predicted octanol–water partition coefficient (Wildman–Crippen LogP) is 5.20. The zero-order valence-electron chi connectivity index (χ0n) is 13.1. The first-order chi connectivity index (χ1) is 12.4. The van der Waals surface area contributed by atoms with Crippen LogP contribution in [0.15, 0.2) is 48.7 Å². The molecule has 1 amide bonds. The van der Waals surface area contributed by atoms with Crippen molar-refractivity contribution in [3.05, 3.63) is 84.8 Å². The van der Waals surface area contributed by atoms with Crippen molar-refractivity contribution >= 4 is 51.3 Å². The number of hydrogen-bond acceptors (Lipinski definition) is 5. The van der Waals surface area contributed by atoms with Gasteiger partial charge in [-0.3, -0.25) is 20.2 Å². The van der Waals surface area contributed by atoms with Crippen LogP contribution in [0, 0.1) is 10.1 Å². The van der Waals surface area contributed by atoms with E-state index in [1.807, 2.05) is 18.2 Å². The number of carbonyl (C=O) groups is 1. The maximum Gasteiger partial charge on any atom is 0.283 e. The molecule has 2 aromatic carbocycles. The minimum atomic E-state index is -0.647. The summed E-state index contributed by atoms with van der Waals surface area (Å²) in [4.78, 5) is 27.9. The van der Waals surface area contributed by atoms with Gasteiger partial charge in [-0.1, -0.05) is 41.4 Å². The third kappa shape index (κ3) is 4.19. The second kappa shape index (κ2) is 7.82. The third-order valence-corrected chi connectivity index (χ3v) is 5.01. The van der Waals surface area contributed by atoms with Crippen LogP contribution in [0.2, 0.25) is 10.0 Å². The Morgan fingerprint density at radius 3 is 2.73 bits per heavy atom. The number of benzene rings is 2. The van der Waals surface area contributed by atoms with Crippen LogP contribution in [0.25, 0.3) is 0 Å². The quantitative estimate of drug-likeness (QED) is 0.464. The fraction of sp³-hybridized carbons (Fsp3) is 0.0588. The molecule has 0 fully saturated rings. The smallest absolute Gasteiger partial charge is 0.283 e. The van der Waals surface area contributed by atoms with Gasteiger partial charge >= 0.3 is 0 Å². The van der Waals surface area contributed by atoms with Crippen molar-refractivity contribution in [2.45, 2.75) is 6.42 Å². The first-order valence-corrected chi connectivity index (χ1v) is 8.94. The van der Waals surface area contributed by atoms with Crippen molar-refractivity contribution in [1.29, 1.82) is 0 Å². The summed E-state index contributed by atoms with van der Waals surface area (Å²) in [6.07, 6.45) is 2.22. The van der Waals surface area contributed by atoms with E-state index in [-0.39, 0.29) is 16.3 Å². The van der Waals surface area contributed by atoms with Gasteiger partial charge in [-0.25, -0.2) is 4.98 Å². The van der Waals surface area contributed by atoms with Crippen LogP contribution in [-0.2, 0) is 6.42 Å². The SMILES string of the molecule is O=C(Nc1ncc(Cc2ccccc2Cl)s1)c1ccc(Cl)cc1[N+](=O)[O-]. The molecule has 26 heavy (non-hydrogen) atoms. The molecule has 1 N–H and O–H groups in total. The summed E-state index contributed by atoms with van der Waals surface area (Å²) >= 11 is 13.2. The monoisotopic (exact) mass is 407 g/mol. The van der Waals surface area contributed by atoms with Gasteiger partial charge in [0.05, 0.1) is 4.92 Å². The molecule has 0 radical (unpaired) electrons. The number of nitrogens with zero attached hydrogens (tertiary/aromatic N) is 2. The second-order valence-corrected chi connectivity index (χ2v) is 7.23. The highest BCUT2D eigenvalue weighted by Crippen LogP contribution is 2.27. The van der Waals surface area contributed by atoms with E-state index >= 15 is 0 Å². The lowest BCUT2D eigenvalue weighted by Gasteiger charge is -2.03. The van der Waals surface area contributed by atoms with E-state index in [0.717, 1.165) is 16.5 Å². The van der Waals surface area contributed by atoms with Crippen LogP contribution in [-0.4, -0.2) is 15.8 Å². The van der Waals surface area contributed by atoms with Crippen LogP contribution in [0.3, 0.4) is 0 Å². The Balaban J connectivity index is 1.76. The molecule has 3 rings (SSSR count). The van der Waals surface area contributed by atoms with Crippen molar-refractivity contribution in [3.8, 4) is 0 Å². The number of aromatic nitrogens is 1. The molecule has 1 heterocycles. The van der Waals surface area contributed by atoms with Gasteiger partial charge < -0.3 is 0 Å². The van der Waals surface area contributed by atoms with Gasteiger partial charge in [0.1, 0.15) is 5.56 Å². The van der Waals surface area contributed by atoms with E-state index in [0.29, 0.717) is 16.6 Å². The molecule has 0 bridgehead atoms. The fourth-order valence-electron chi connectivity index (χ4n) is 2.29. The third-order valence-electron chi connectivity index (χ3n) is 3.50. The fourth-order valence-corrected chi connectivity index (χ4v) is 3.49. The first kappa shape index (κ1) is 18.3. The van der Waals surface area contributed by atoms with Crippen LogP contribution < -0.4 is 5.32 Å². The number of halogens is 2. The lowest BCUT2D eigenvalue weighted by atomic mass is 10.1. The number of rotatable bonds is 5. The van der Waals surface area contributed by atoms with Crippen LogP contribution in [0.1, 0.15) is 20.8 Å². The molecule has 0 spiro atoms. The molecule has 0 aliphatic heterocycles. The van der Waals surface area contributed by atoms with Gasteiger partial charge in [0.15, 0.2) is 5.13 Å². The van der Waals surface area contributed by atoms with Gasteiger partial charge in [-0.2, -0.15) is 0 Å². The highest BCUT2D eigenvalue weighted by atomic mass is 35.5. The van der Waals surface area contributed by atoms with E-state index in [9.17, 15) is 14.9 Å². The van der Waals surface area contributed by atoms with E-state index < -0.39 is 10.8 Å². The Morgan fingerprint density at radius 1 is 1.23 bits per heavy atom. The van der Waals surface area contributed by atoms with Gasteiger partial charge in [-0.05, 0) is 23.8 Å². The van der Waals surface area contributed by atoms with Crippen molar-refractivity contribution in [2.24, 2.45) is 0 Å². The van der Waals surface area contributed by atoms with Crippen LogP contribution in [0.5, 0.6) is 0 Å². The summed E-state index contributed by atoms with van der Waals surface area (Å²) in [5, 5.41) is 14.9. The van der Waals surface area contributed by atoms with Crippen LogP contribution in [0.4, 0.5) is 10.8 Å². The molecule has 132 valence electrons. The number of nitro groups is 1. The molecule has 0 saturated carbocycles. The number of amides is 1. The molecule has 0 aliphatic rings. The normalized spacial score (nSPS) is 10.5. The Kier molecular flexibility index (Phi) is 5.51. The van der Waals surface area contributed by atoms with Crippen molar-refractivity contribution in [3.63, 3.8) is 0 Å². The topological polar surface area (TPSA) is 85.1 Å². The maximum absolute atomic E-state index is 12.4. The standard InChI is InChI=1S/C17H11Cl2N3O3S/c18-11-5-6-13(15(8-11)22(24)25)16(23)21-17-20-9-12(26-17)7-10-3-1-2-4-14(10)19/h1-6,8-9H,7H2,(H,20,21,23). The molecule has 0 saturated heterocycles. The van der Waals surface area contributed by atoms with E-state index in [4.69, 9.17) is 23.2 Å². The molecule has 0 aliphatic carbocycles. The highest BCUT2D eigenvalue weighted by molar-refractivity contribution is 7.15. The molecule has 3 aromatic rings. The maximum atomic E-state index is 12.4. The average Bonchev–Trinajstić information content (AvgIpc) is 3.03. The van der Waals surface area contributed by atoms with Gasteiger partial charge in [-0.15, -0.1) is 11.3 Å². The highest BCUT2D eigenvalue weighted by Gasteiger charge is 2.21.